The molecule has 2 aliphatic heterocycles. The Morgan fingerprint density at radius 3 is 2.57 bits per heavy atom. The summed E-state index contributed by atoms with van der Waals surface area (Å²) in [5.74, 6) is -0.807. The van der Waals surface area contributed by atoms with Crippen molar-refractivity contribution in [2.75, 3.05) is 0 Å². The van der Waals surface area contributed by atoms with Crippen molar-refractivity contribution in [2.24, 2.45) is 0 Å². The van der Waals surface area contributed by atoms with Gasteiger partial charge in [-0.05, 0) is 13.8 Å². The molecule has 0 saturated carbocycles. The first-order chi connectivity index (χ1) is 5.93. The van der Waals surface area contributed by atoms with E-state index < -0.39 is 12.0 Å². The topological polar surface area (TPSA) is 58.8 Å². The molecule has 2 heterocycles. The summed E-state index contributed by atoms with van der Waals surface area (Å²) < 4.78 is -0.321. The number of carbonyl (C=O) groups excluding carboxylic acids is 1. The van der Waals surface area contributed by atoms with Crippen LogP contribution in [0.5, 0.6) is 0 Å². The van der Waals surface area contributed by atoms with Gasteiger partial charge in [0.25, 0.3) is 0 Å². The average molecular weight is 282 g/mol. The van der Waals surface area contributed by atoms with Crippen LogP contribution in [-0.2, 0) is 9.59 Å². The number of β-lactam (4-membered cyclic amide) rings is 1. The van der Waals surface area contributed by atoms with Crippen molar-refractivity contribution in [1.29, 1.82) is 0 Å². The van der Waals surface area contributed by atoms with Crippen molar-refractivity contribution in [1.82, 2.24) is 0 Å². The van der Waals surface area contributed by atoms with Crippen LogP contribution >= 0.6 is 11.8 Å². The van der Waals surface area contributed by atoms with E-state index in [2.05, 4.69) is 0 Å². The molecule has 80 valence electrons. The maximum atomic E-state index is 11.2. The lowest BCUT2D eigenvalue weighted by molar-refractivity contribution is -0.872. The predicted octanol–water partition coefficient (Wildman–Crippen LogP) is -3.89. The van der Waals surface area contributed by atoms with E-state index in [-0.39, 0.29) is 33.0 Å². The molecule has 2 fully saturated rings. The highest BCUT2D eigenvalue weighted by atomic mass is 79.9. The third kappa shape index (κ3) is 1.49. The van der Waals surface area contributed by atoms with Crippen LogP contribution in [0.4, 0.5) is 0 Å². The lowest BCUT2D eigenvalue weighted by Crippen LogP contribution is -3.26. The number of carboxylic acid groups (broad SMARTS) is 1. The second kappa shape index (κ2) is 3.50. The van der Waals surface area contributed by atoms with Crippen LogP contribution in [-0.4, -0.2) is 33.1 Å². The van der Waals surface area contributed by atoms with Gasteiger partial charge in [-0.1, -0.05) is 11.8 Å². The summed E-state index contributed by atoms with van der Waals surface area (Å²) in [5, 5.41) is 9.19. The molecule has 0 bridgehead atoms. The van der Waals surface area contributed by atoms with Crippen molar-refractivity contribution < 1.29 is 36.6 Å². The van der Waals surface area contributed by atoms with Gasteiger partial charge in [-0.2, -0.15) is 0 Å². The molecule has 1 unspecified atom stereocenters. The second-order valence-electron chi connectivity index (χ2n) is 4.06. The number of aliphatic carboxylic acids is 1. The Kier molecular flexibility index (Phi) is 3.00. The van der Waals surface area contributed by atoms with Crippen molar-refractivity contribution in [2.45, 2.75) is 36.4 Å². The minimum absolute atomic E-state index is 0. The van der Waals surface area contributed by atoms with E-state index in [9.17, 15) is 9.59 Å². The van der Waals surface area contributed by atoms with E-state index in [0.717, 1.165) is 0 Å². The molecule has 0 aromatic heterocycles. The highest BCUT2D eigenvalue weighted by Gasteiger charge is 2.64. The molecule has 2 rings (SSSR count). The molecule has 2 N–H and O–H groups in total. The molecular weight excluding hydrogens is 270 g/mol. The Labute approximate surface area is 96.8 Å². The van der Waals surface area contributed by atoms with Gasteiger partial charge in [0.15, 0.2) is 5.37 Å². The van der Waals surface area contributed by atoms with E-state index >= 15 is 0 Å². The number of amides is 1. The van der Waals surface area contributed by atoms with Gasteiger partial charge < -0.3 is 22.1 Å². The molecule has 0 radical (unpaired) electrons. The summed E-state index contributed by atoms with van der Waals surface area (Å²) in [6.07, 6.45) is 0.535. The maximum absolute atomic E-state index is 11.2. The summed E-state index contributed by atoms with van der Waals surface area (Å²) in [5.41, 5.74) is 0. The number of quaternary nitrogens is 1. The van der Waals surface area contributed by atoms with Gasteiger partial charge in [0.05, 0.1) is 4.75 Å². The van der Waals surface area contributed by atoms with Crippen LogP contribution in [0.1, 0.15) is 20.3 Å². The highest BCUT2D eigenvalue weighted by Crippen LogP contribution is 2.38. The fourth-order valence-corrected chi connectivity index (χ4v) is 3.86. The number of fused-ring (bicyclic) bond motifs is 1. The minimum atomic E-state index is -0.858. The number of hydrogen-bond acceptors (Lipinski definition) is 3. The molecule has 4 nitrogen and oxygen atoms in total. The summed E-state index contributed by atoms with van der Waals surface area (Å²) in [6, 6.07) is -0.566. The molecule has 2 aliphatic rings. The standard InChI is InChI=1S/C8H11NO3S.BrH/c1-8(2)6(7(11)12)9-4(10)3-5(9)13-8;/h5-6H,3H2,1-2H3,(H,11,12);1H/t5-,6+;/m1./s1. The zero-order valence-corrected chi connectivity index (χ0v) is 10.3. The fourth-order valence-electron chi connectivity index (χ4n) is 2.14. The number of carboxylic acids is 1. The van der Waals surface area contributed by atoms with Crippen LogP contribution in [0, 0.1) is 0 Å². The van der Waals surface area contributed by atoms with Gasteiger partial charge in [-0.25, -0.2) is 14.5 Å². The van der Waals surface area contributed by atoms with Crippen molar-refractivity contribution >= 4 is 23.6 Å². The minimum Gasteiger partial charge on any atom is -1.00 e. The molecule has 3 atom stereocenters. The van der Waals surface area contributed by atoms with E-state index in [1.54, 1.807) is 11.8 Å². The van der Waals surface area contributed by atoms with Crippen molar-refractivity contribution in [3.63, 3.8) is 0 Å². The number of thioether (sulfide) groups is 1. The quantitative estimate of drug-likeness (QED) is 0.483. The Balaban J connectivity index is 0.000000980. The summed E-state index contributed by atoms with van der Waals surface area (Å²) in [6.45, 7) is 3.80. The largest absolute Gasteiger partial charge is 1.00 e. The summed E-state index contributed by atoms with van der Waals surface area (Å²) in [4.78, 5) is 22.8. The van der Waals surface area contributed by atoms with Gasteiger partial charge in [0.1, 0.15) is 6.42 Å². The zero-order valence-electron chi connectivity index (χ0n) is 7.91. The fraction of sp³-hybridized carbons (Fsp3) is 0.750. The molecule has 0 aromatic rings. The van der Waals surface area contributed by atoms with Crippen LogP contribution in [0.15, 0.2) is 0 Å². The van der Waals surface area contributed by atoms with Crippen LogP contribution < -0.4 is 21.9 Å². The van der Waals surface area contributed by atoms with Gasteiger partial charge in [-0.3, -0.25) is 0 Å². The van der Waals surface area contributed by atoms with E-state index in [0.29, 0.717) is 11.3 Å². The SMILES string of the molecule is CC1(C)S[C@@H]2CC(=O)[NH+]2[C@H]1C(=O)O.[Br-]. The Morgan fingerprint density at radius 1 is 1.64 bits per heavy atom. The van der Waals surface area contributed by atoms with E-state index in [1.807, 2.05) is 13.8 Å². The normalized spacial score (nSPS) is 38.1. The second-order valence-corrected chi connectivity index (χ2v) is 5.92. The van der Waals surface area contributed by atoms with Gasteiger partial charge in [0.2, 0.25) is 6.04 Å². The maximum Gasteiger partial charge on any atom is 0.364 e. The van der Waals surface area contributed by atoms with Gasteiger partial charge >= 0.3 is 11.9 Å². The third-order valence-corrected chi connectivity index (χ3v) is 4.29. The van der Waals surface area contributed by atoms with Crippen LogP contribution in [0.25, 0.3) is 0 Å². The number of carbonyl (C=O) groups is 2. The monoisotopic (exact) mass is 281 g/mol. The Hall–Kier alpha value is -0.0700. The smallest absolute Gasteiger partial charge is 0.364 e. The zero-order chi connectivity index (χ0) is 9.80. The van der Waals surface area contributed by atoms with Crippen LogP contribution in [0.3, 0.4) is 0 Å². The van der Waals surface area contributed by atoms with Crippen molar-refractivity contribution in [3.8, 4) is 0 Å². The van der Waals surface area contributed by atoms with E-state index in [1.165, 1.54) is 0 Å². The molecule has 6 heteroatoms. The van der Waals surface area contributed by atoms with Crippen LogP contribution in [0.2, 0.25) is 0 Å². The molecular formula is C8H12BrNO3S. The molecule has 14 heavy (non-hydrogen) atoms. The molecule has 2 saturated heterocycles. The van der Waals surface area contributed by atoms with Crippen molar-refractivity contribution in [3.05, 3.63) is 0 Å². The first-order valence-corrected chi connectivity index (χ1v) is 5.12. The number of rotatable bonds is 1. The van der Waals surface area contributed by atoms with Gasteiger partial charge in [-0.15, -0.1) is 0 Å². The van der Waals surface area contributed by atoms with E-state index in [4.69, 9.17) is 5.11 Å². The molecule has 0 aliphatic carbocycles. The first-order valence-electron chi connectivity index (χ1n) is 4.24. The molecule has 1 amide bonds. The Bertz CT molecular complexity index is 294. The molecule has 0 aromatic carbocycles. The third-order valence-electron chi connectivity index (χ3n) is 2.74. The molecule has 0 spiro atoms. The number of nitrogens with one attached hydrogen (secondary N) is 1. The number of hydrogen-bond donors (Lipinski definition) is 2. The first kappa shape index (κ1) is 12.0. The summed E-state index contributed by atoms with van der Waals surface area (Å²) >= 11 is 1.62. The van der Waals surface area contributed by atoms with Gasteiger partial charge in [0, 0.05) is 0 Å². The number of halogens is 1. The summed E-state index contributed by atoms with van der Waals surface area (Å²) in [7, 11) is 0. The highest BCUT2D eigenvalue weighted by molar-refractivity contribution is 8.01. The lowest BCUT2D eigenvalue weighted by Gasteiger charge is -2.29. The Morgan fingerprint density at radius 2 is 2.21 bits per heavy atom. The average Bonchev–Trinajstić information content (AvgIpc) is 2.18. The predicted molar refractivity (Wildman–Crippen MR) is 47.5 cm³/mol. The lowest BCUT2D eigenvalue weighted by atomic mass is 9.98.